The van der Waals surface area contributed by atoms with Gasteiger partial charge in [0.15, 0.2) is 0 Å². The third-order valence-electron chi connectivity index (χ3n) is 3.43. The fourth-order valence-electron chi connectivity index (χ4n) is 2.55. The Balaban J connectivity index is 1.98. The van der Waals surface area contributed by atoms with E-state index in [1.165, 1.54) is 17.3 Å². The van der Waals surface area contributed by atoms with Crippen molar-refractivity contribution in [1.82, 2.24) is 4.98 Å². The predicted molar refractivity (Wildman–Crippen MR) is 78.9 cm³/mol. The fraction of sp³-hybridized carbons (Fsp3) is 0.200. The monoisotopic (exact) mass is 271 g/mol. The highest BCUT2D eigenvalue weighted by atomic mass is 35.5. The quantitative estimate of drug-likeness (QED) is 0.830. The van der Waals surface area contributed by atoms with Gasteiger partial charge in [-0.15, -0.1) is 0 Å². The van der Waals surface area contributed by atoms with Crippen LogP contribution in [-0.2, 0) is 12.8 Å². The number of hydrogen-bond acceptors (Lipinski definition) is 3. The molecule has 0 radical (unpaired) electrons. The van der Waals surface area contributed by atoms with E-state index in [9.17, 15) is 0 Å². The summed E-state index contributed by atoms with van der Waals surface area (Å²) in [4.78, 5) is 4.44. The highest BCUT2D eigenvalue weighted by Crippen LogP contribution is 2.31. The third kappa shape index (κ3) is 2.34. The molecule has 0 saturated carbocycles. The second-order valence-electron chi connectivity index (χ2n) is 4.65. The lowest BCUT2D eigenvalue weighted by Gasteiger charge is -2.12. The molecular formula is C15H14ClN3. The molecule has 0 spiro atoms. The number of rotatable bonds is 3. The van der Waals surface area contributed by atoms with Gasteiger partial charge in [-0.25, -0.2) is 4.98 Å². The lowest BCUT2D eigenvalue weighted by Crippen LogP contribution is -2.01. The topological polar surface area (TPSA) is 48.8 Å². The number of hydrogen-bond donors (Lipinski definition) is 2. The van der Waals surface area contributed by atoms with Crippen molar-refractivity contribution in [2.45, 2.75) is 19.3 Å². The standard InChI is InChI=1S/C15H14ClN3/c16-11-3-1-4-12(7-11)19-15-14-6-2-5-13(14)10(8-17)9-18-15/h1,3-4,7-9,17H,2,5-6H2,(H,18,19). The van der Waals surface area contributed by atoms with Gasteiger partial charge in [0, 0.05) is 28.7 Å². The number of anilines is 2. The SMILES string of the molecule is N=Cc1cnc(Nc2cccc(Cl)c2)c2c1CCC2. The van der Waals surface area contributed by atoms with Gasteiger partial charge in [-0.2, -0.15) is 0 Å². The van der Waals surface area contributed by atoms with Crippen LogP contribution in [0.3, 0.4) is 0 Å². The maximum atomic E-state index is 7.43. The molecule has 0 unspecified atom stereocenters. The summed E-state index contributed by atoms with van der Waals surface area (Å²) in [5, 5.41) is 11.5. The van der Waals surface area contributed by atoms with E-state index in [1.807, 2.05) is 24.3 Å². The molecule has 2 aromatic rings. The van der Waals surface area contributed by atoms with E-state index in [0.29, 0.717) is 5.02 Å². The molecule has 0 saturated heterocycles. The van der Waals surface area contributed by atoms with Crippen LogP contribution in [0.15, 0.2) is 30.5 Å². The molecule has 1 aliphatic rings. The third-order valence-corrected chi connectivity index (χ3v) is 3.66. The van der Waals surface area contributed by atoms with Gasteiger partial charge in [0.1, 0.15) is 5.82 Å². The number of aromatic nitrogens is 1. The van der Waals surface area contributed by atoms with Gasteiger partial charge in [0.25, 0.3) is 0 Å². The van der Waals surface area contributed by atoms with Crippen LogP contribution in [0, 0.1) is 5.41 Å². The number of benzene rings is 1. The Hall–Kier alpha value is -1.87. The summed E-state index contributed by atoms with van der Waals surface area (Å²) >= 11 is 5.99. The van der Waals surface area contributed by atoms with E-state index in [-0.39, 0.29) is 0 Å². The van der Waals surface area contributed by atoms with Crippen LogP contribution in [0.25, 0.3) is 0 Å². The minimum absolute atomic E-state index is 0.706. The number of nitrogens with zero attached hydrogens (tertiary/aromatic N) is 1. The van der Waals surface area contributed by atoms with Crippen molar-refractivity contribution in [3.05, 3.63) is 52.2 Å². The average molecular weight is 272 g/mol. The molecule has 1 heterocycles. The van der Waals surface area contributed by atoms with Crippen molar-refractivity contribution in [3.8, 4) is 0 Å². The largest absolute Gasteiger partial charge is 0.340 e. The predicted octanol–water partition coefficient (Wildman–Crippen LogP) is 3.96. The summed E-state index contributed by atoms with van der Waals surface area (Å²) < 4.78 is 0. The van der Waals surface area contributed by atoms with Crippen molar-refractivity contribution < 1.29 is 0 Å². The molecule has 1 aromatic carbocycles. The van der Waals surface area contributed by atoms with Crippen LogP contribution in [-0.4, -0.2) is 11.2 Å². The number of fused-ring (bicyclic) bond motifs is 1. The number of halogens is 1. The molecule has 0 fully saturated rings. The minimum atomic E-state index is 0.706. The van der Waals surface area contributed by atoms with Gasteiger partial charge >= 0.3 is 0 Å². The van der Waals surface area contributed by atoms with Crippen LogP contribution < -0.4 is 5.32 Å². The molecule has 0 bridgehead atoms. The second kappa shape index (κ2) is 5.02. The van der Waals surface area contributed by atoms with Gasteiger partial charge < -0.3 is 10.7 Å². The Morgan fingerprint density at radius 1 is 1.26 bits per heavy atom. The summed E-state index contributed by atoms with van der Waals surface area (Å²) in [6.45, 7) is 0. The van der Waals surface area contributed by atoms with Crippen molar-refractivity contribution in [2.75, 3.05) is 5.32 Å². The summed E-state index contributed by atoms with van der Waals surface area (Å²) in [5.74, 6) is 0.889. The van der Waals surface area contributed by atoms with Gasteiger partial charge in [-0.05, 0) is 48.6 Å². The molecule has 2 N–H and O–H groups in total. The number of pyridine rings is 1. The molecule has 0 amide bonds. The summed E-state index contributed by atoms with van der Waals surface area (Å²) in [6.07, 6.45) is 6.34. The molecule has 3 nitrogen and oxygen atoms in total. The van der Waals surface area contributed by atoms with Gasteiger partial charge in [-0.1, -0.05) is 17.7 Å². The zero-order valence-corrected chi connectivity index (χ0v) is 11.2. The first-order valence-electron chi connectivity index (χ1n) is 6.32. The highest BCUT2D eigenvalue weighted by Gasteiger charge is 2.19. The molecule has 19 heavy (non-hydrogen) atoms. The molecule has 1 aliphatic carbocycles. The van der Waals surface area contributed by atoms with Crippen LogP contribution in [0.5, 0.6) is 0 Å². The first-order chi connectivity index (χ1) is 9.28. The van der Waals surface area contributed by atoms with Crippen LogP contribution in [0.4, 0.5) is 11.5 Å². The van der Waals surface area contributed by atoms with Crippen molar-refractivity contribution in [1.29, 1.82) is 5.41 Å². The molecule has 1 aromatic heterocycles. The van der Waals surface area contributed by atoms with Crippen molar-refractivity contribution in [3.63, 3.8) is 0 Å². The average Bonchev–Trinajstić information content (AvgIpc) is 2.89. The summed E-state index contributed by atoms with van der Waals surface area (Å²) in [5.41, 5.74) is 4.37. The summed E-state index contributed by atoms with van der Waals surface area (Å²) in [7, 11) is 0. The Labute approximate surface area is 117 Å². The first kappa shape index (κ1) is 12.2. The summed E-state index contributed by atoms with van der Waals surface area (Å²) in [6, 6.07) is 7.62. The molecular weight excluding hydrogens is 258 g/mol. The molecule has 0 atom stereocenters. The van der Waals surface area contributed by atoms with E-state index < -0.39 is 0 Å². The smallest absolute Gasteiger partial charge is 0.133 e. The van der Waals surface area contributed by atoms with Crippen LogP contribution in [0.2, 0.25) is 5.02 Å². The molecule has 3 rings (SSSR count). The van der Waals surface area contributed by atoms with E-state index in [4.69, 9.17) is 17.0 Å². The Morgan fingerprint density at radius 3 is 2.89 bits per heavy atom. The van der Waals surface area contributed by atoms with Gasteiger partial charge in [0.05, 0.1) is 0 Å². The highest BCUT2D eigenvalue weighted by molar-refractivity contribution is 6.30. The van der Waals surface area contributed by atoms with Gasteiger partial charge in [0.2, 0.25) is 0 Å². The van der Waals surface area contributed by atoms with E-state index in [0.717, 1.165) is 36.3 Å². The Morgan fingerprint density at radius 2 is 2.11 bits per heavy atom. The zero-order valence-electron chi connectivity index (χ0n) is 10.4. The van der Waals surface area contributed by atoms with Gasteiger partial charge in [-0.3, -0.25) is 0 Å². The fourth-order valence-corrected chi connectivity index (χ4v) is 2.74. The normalized spacial score (nSPS) is 13.1. The molecule has 0 aliphatic heterocycles. The second-order valence-corrected chi connectivity index (χ2v) is 5.09. The van der Waals surface area contributed by atoms with E-state index in [2.05, 4.69) is 10.3 Å². The lowest BCUT2D eigenvalue weighted by atomic mass is 10.1. The minimum Gasteiger partial charge on any atom is -0.340 e. The lowest BCUT2D eigenvalue weighted by molar-refractivity contribution is 0.911. The zero-order chi connectivity index (χ0) is 13.2. The molecule has 4 heteroatoms. The van der Waals surface area contributed by atoms with Crippen molar-refractivity contribution in [2.24, 2.45) is 0 Å². The van der Waals surface area contributed by atoms with Crippen LogP contribution in [0.1, 0.15) is 23.1 Å². The Kier molecular flexibility index (Phi) is 3.22. The van der Waals surface area contributed by atoms with E-state index in [1.54, 1.807) is 6.20 Å². The molecule has 96 valence electrons. The first-order valence-corrected chi connectivity index (χ1v) is 6.69. The Bertz CT molecular complexity index is 637. The van der Waals surface area contributed by atoms with Crippen molar-refractivity contribution >= 4 is 29.3 Å². The maximum Gasteiger partial charge on any atom is 0.133 e. The van der Waals surface area contributed by atoms with E-state index >= 15 is 0 Å². The maximum absolute atomic E-state index is 7.43. The van der Waals surface area contributed by atoms with Crippen LogP contribution >= 0.6 is 11.6 Å². The number of nitrogens with one attached hydrogen (secondary N) is 2.